The number of amides is 1. The Kier molecular flexibility index (Phi) is 6.26. The molecule has 1 saturated heterocycles. The molecule has 4 atom stereocenters. The smallest absolute Gasteiger partial charge is 0.253 e. The standard InChI is InChI=1S/C14H20NO6P/c16-11-8-10(6-7-22(19)20)21-14(12(11)17)15-13(18)9-4-2-1-3-5-9/h1-5,10-12,14,16-17,19-20H,6-8H2,(H,15,18). The third-order valence-corrected chi connectivity index (χ3v) is 4.17. The van der Waals surface area contributed by atoms with Gasteiger partial charge in [0.2, 0.25) is 0 Å². The minimum Gasteiger partial charge on any atom is -0.390 e. The summed E-state index contributed by atoms with van der Waals surface area (Å²) < 4.78 is 5.56. The predicted octanol–water partition coefficient (Wildman–Crippen LogP) is -0.0602. The van der Waals surface area contributed by atoms with E-state index < -0.39 is 38.8 Å². The molecule has 0 aliphatic carbocycles. The second-order valence-corrected chi connectivity index (χ2v) is 6.39. The van der Waals surface area contributed by atoms with Crippen LogP contribution in [0, 0.1) is 0 Å². The lowest BCUT2D eigenvalue weighted by molar-refractivity contribution is -0.175. The van der Waals surface area contributed by atoms with Crippen molar-refractivity contribution in [3.63, 3.8) is 0 Å². The van der Waals surface area contributed by atoms with Crippen LogP contribution in [0.2, 0.25) is 0 Å². The van der Waals surface area contributed by atoms with Crippen molar-refractivity contribution in [2.75, 3.05) is 6.16 Å². The van der Waals surface area contributed by atoms with Gasteiger partial charge in [-0.15, -0.1) is 0 Å². The van der Waals surface area contributed by atoms with Gasteiger partial charge in [-0.1, -0.05) is 18.2 Å². The Morgan fingerprint density at radius 3 is 2.59 bits per heavy atom. The van der Waals surface area contributed by atoms with Gasteiger partial charge in [0.05, 0.1) is 12.2 Å². The number of nitrogens with one attached hydrogen (secondary N) is 1. The van der Waals surface area contributed by atoms with Gasteiger partial charge in [-0.25, -0.2) is 0 Å². The normalized spacial score (nSPS) is 28.6. The third-order valence-electron chi connectivity index (χ3n) is 3.51. The number of carbonyl (C=O) groups excluding carboxylic acids is 1. The Morgan fingerprint density at radius 2 is 1.95 bits per heavy atom. The summed E-state index contributed by atoms with van der Waals surface area (Å²) in [5.41, 5.74) is 0.421. The van der Waals surface area contributed by atoms with Crippen LogP contribution >= 0.6 is 8.38 Å². The maximum Gasteiger partial charge on any atom is 0.253 e. The minimum atomic E-state index is -2.03. The number of ether oxygens (including phenoxy) is 1. The lowest BCUT2D eigenvalue weighted by Crippen LogP contribution is -2.56. The first-order chi connectivity index (χ1) is 10.5. The number of hydrogen-bond acceptors (Lipinski definition) is 6. The molecule has 5 N–H and O–H groups in total. The molecule has 8 heteroatoms. The second-order valence-electron chi connectivity index (χ2n) is 5.20. The highest BCUT2D eigenvalue weighted by Crippen LogP contribution is 2.28. The Balaban J connectivity index is 1.97. The molecule has 22 heavy (non-hydrogen) atoms. The summed E-state index contributed by atoms with van der Waals surface area (Å²) in [7, 11) is -2.03. The van der Waals surface area contributed by atoms with Crippen molar-refractivity contribution >= 4 is 14.3 Å². The van der Waals surface area contributed by atoms with Crippen LogP contribution in [0.3, 0.4) is 0 Å². The van der Waals surface area contributed by atoms with Crippen molar-refractivity contribution in [2.24, 2.45) is 0 Å². The lowest BCUT2D eigenvalue weighted by Gasteiger charge is -2.37. The second kappa shape index (κ2) is 7.97. The monoisotopic (exact) mass is 329 g/mol. The summed E-state index contributed by atoms with van der Waals surface area (Å²) >= 11 is 0. The first kappa shape index (κ1) is 17.3. The largest absolute Gasteiger partial charge is 0.390 e. The lowest BCUT2D eigenvalue weighted by atomic mass is 9.99. The maximum atomic E-state index is 12.1. The SMILES string of the molecule is O=C(NC1OC(CCP(O)O)CC(O)C1O)c1ccccc1. The molecule has 1 aliphatic rings. The van der Waals surface area contributed by atoms with Gasteiger partial charge >= 0.3 is 0 Å². The topological polar surface area (TPSA) is 119 Å². The molecule has 1 aromatic rings. The summed E-state index contributed by atoms with van der Waals surface area (Å²) in [6, 6.07) is 8.47. The van der Waals surface area contributed by atoms with Crippen molar-refractivity contribution in [3.05, 3.63) is 35.9 Å². The van der Waals surface area contributed by atoms with Crippen molar-refractivity contribution in [1.82, 2.24) is 5.32 Å². The molecule has 1 aromatic carbocycles. The summed E-state index contributed by atoms with van der Waals surface area (Å²) in [6.45, 7) is 0. The van der Waals surface area contributed by atoms with Crippen LogP contribution in [0.1, 0.15) is 23.2 Å². The van der Waals surface area contributed by atoms with E-state index >= 15 is 0 Å². The van der Waals surface area contributed by atoms with E-state index in [1.165, 1.54) is 0 Å². The maximum absolute atomic E-state index is 12.1. The first-order valence-electron chi connectivity index (χ1n) is 7.00. The van der Waals surface area contributed by atoms with Crippen molar-refractivity contribution in [2.45, 2.75) is 37.4 Å². The zero-order valence-electron chi connectivity index (χ0n) is 11.9. The van der Waals surface area contributed by atoms with Gasteiger partial charge in [-0.2, -0.15) is 0 Å². The van der Waals surface area contributed by atoms with Crippen LogP contribution in [0.15, 0.2) is 30.3 Å². The van der Waals surface area contributed by atoms with E-state index in [1.54, 1.807) is 30.3 Å². The fraction of sp³-hybridized carbons (Fsp3) is 0.500. The Labute approximate surface area is 129 Å². The van der Waals surface area contributed by atoms with Gasteiger partial charge in [0.25, 0.3) is 5.91 Å². The van der Waals surface area contributed by atoms with E-state index in [1.807, 2.05) is 0 Å². The number of aliphatic hydroxyl groups excluding tert-OH is 2. The van der Waals surface area contributed by atoms with Crippen LogP contribution in [0.25, 0.3) is 0 Å². The zero-order valence-corrected chi connectivity index (χ0v) is 12.8. The van der Waals surface area contributed by atoms with Gasteiger partial charge < -0.3 is 30.1 Å². The van der Waals surface area contributed by atoms with Gasteiger partial charge in [-0.05, 0) is 18.6 Å². The molecular weight excluding hydrogens is 309 g/mol. The molecule has 2 rings (SSSR count). The predicted molar refractivity (Wildman–Crippen MR) is 80.0 cm³/mol. The van der Waals surface area contributed by atoms with E-state index in [0.29, 0.717) is 12.0 Å². The van der Waals surface area contributed by atoms with E-state index in [9.17, 15) is 15.0 Å². The molecule has 0 aromatic heterocycles. The van der Waals surface area contributed by atoms with Crippen LogP contribution in [-0.4, -0.2) is 56.6 Å². The highest BCUT2D eigenvalue weighted by atomic mass is 31.2. The summed E-state index contributed by atoms with van der Waals surface area (Å²) in [5.74, 6) is -0.413. The molecule has 0 bridgehead atoms. The molecule has 1 heterocycles. The molecule has 1 fully saturated rings. The average molecular weight is 329 g/mol. The van der Waals surface area contributed by atoms with Crippen molar-refractivity contribution < 1.29 is 29.5 Å². The van der Waals surface area contributed by atoms with Gasteiger partial charge in [0.1, 0.15) is 6.10 Å². The Bertz CT molecular complexity index is 485. The van der Waals surface area contributed by atoms with Crippen molar-refractivity contribution in [3.8, 4) is 0 Å². The Morgan fingerprint density at radius 1 is 1.27 bits per heavy atom. The van der Waals surface area contributed by atoms with Crippen LogP contribution in [0.4, 0.5) is 0 Å². The molecule has 7 nitrogen and oxygen atoms in total. The molecule has 122 valence electrons. The highest BCUT2D eigenvalue weighted by Gasteiger charge is 2.37. The number of carbonyl (C=O) groups is 1. The first-order valence-corrected chi connectivity index (χ1v) is 8.43. The van der Waals surface area contributed by atoms with E-state index in [4.69, 9.17) is 14.5 Å². The highest BCUT2D eigenvalue weighted by molar-refractivity contribution is 7.45. The molecule has 0 spiro atoms. The van der Waals surface area contributed by atoms with Gasteiger partial charge in [-0.3, -0.25) is 4.79 Å². The minimum absolute atomic E-state index is 0.155. The average Bonchev–Trinajstić information content (AvgIpc) is 2.50. The van der Waals surface area contributed by atoms with Gasteiger partial charge in [0.15, 0.2) is 14.6 Å². The summed E-state index contributed by atoms with van der Waals surface area (Å²) in [5, 5.41) is 22.4. The van der Waals surface area contributed by atoms with Crippen LogP contribution in [-0.2, 0) is 4.74 Å². The summed E-state index contributed by atoms with van der Waals surface area (Å²) in [6.07, 6.45) is -3.09. The van der Waals surface area contributed by atoms with Gasteiger partial charge in [0, 0.05) is 18.1 Å². The van der Waals surface area contributed by atoms with E-state index in [-0.39, 0.29) is 12.6 Å². The van der Waals surface area contributed by atoms with Crippen LogP contribution < -0.4 is 5.32 Å². The molecule has 1 amide bonds. The fourth-order valence-electron chi connectivity index (χ4n) is 2.32. The third kappa shape index (κ3) is 4.71. The van der Waals surface area contributed by atoms with E-state index in [2.05, 4.69) is 5.32 Å². The van der Waals surface area contributed by atoms with Crippen molar-refractivity contribution in [1.29, 1.82) is 0 Å². The molecular formula is C14H20NO6P. The summed E-state index contributed by atoms with van der Waals surface area (Å²) in [4.78, 5) is 30.0. The number of rotatable bonds is 5. The quantitative estimate of drug-likeness (QED) is 0.483. The molecule has 0 saturated carbocycles. The number of aliphatic hydroxyl groups is 2. The molecule has 4 unspecified atom stereocenters. The Hall–Kier alpha value is -1.08. The molecule has 1 aliphatic heterocycles. The number of hydrogen-bond donors (Lipinski definition) is 5. The molecule has 0 radical (unpaired) electrons. The fourth-order valence-corrected chi connectivity index (χ4v) is 2.84. The zero-order chi connectivity index (χ0) is 16.1. The van der Waals surface area contributed by atoms with Crippen LogP contribution in [0.5, 0.6) is 0 Å². The number of benzene rings is 1. The van der Waals surface area contributed by atoms with E-state index in [0.717, 1.165) is 0 Å².